The maximum absolute atomic E-state index is 12.6. The Hall–Kier alpha value is -2.71. The standard InChI is InChI=1S/C22H28N2O5S/c1-6-19(17-10-8-7-9-11-17)22(26)29-16(3)21(25)23-20-14-18(13-12-15(20)2)30(27,28)24(4)5/h7-14,16,19H,6H2,1-5H3,(H,23,25). The predicted octanol–water partition coefficient (Wildman–Crippen LogP) is 3.31. The van der Waals surface area contributed by atoms with Gasteiger partial charge in [0.1, 0.15) is 0 Å². The van der Waals surface area contributed by atoms with Gasteiger partial charge in [0.25, 0.3) is 5.91 Å². The zero-order valence-electron chi connectivity index (χ0n) is 17.9. The van der Waals surface area contributed by atoms with Gasteiger partial charge in [0.05, 0.1) is 10.8 Å². The Morgan fingerprint density at radius 2 is 1.73 bits per heavy atom. The summed E-state index contributed by atoms with van der Waals surface area (Å²) in [5, 5.41) is 2.66. The van der Waals surface area contributed by atoms with Gasteiger partial charge in [0.15, 0.2) is 6.10 Å². The molecule has 0 saturated heterocycles. The fourth-order valence-corrected chi connectivity index (χ4v) is 3.80. The summed E-state index contributed by atoms with van der Waals surface area (Å²) in [6.07, 6.45) is -0.496. The first kappa shape index (κ1) is 23.6. The van der Waals surface area contributed by atoms with E-state index in [2.05, 4.69) is 5.32 Å². The van der Waals surface area contributed by atoms with Crippen LogP contribution < -0.4 is 5.32 Å². The van der Waals surface area contributed by atoms with Crippen LogP contribution in [-0.2, 0) is 24.3 Å². The van der Waals surface area contributed by atoms with E-state index in [9.17, 15) is 18.0 Å². The van der Waals surface area contributed by atoms with Crippen LogP contribution in [0.2, 0.25) is 0 Å². The summed E-state index contributed by atoms with van der Waals surface area (Å²) in [6.45, 7) is 5.12. The third-order valence-electron chi connectivity index (χ3n) is 4.80. The van der Waals surface area contributed by atoms with E-state index in [0.29, 0.717) is 17.7 Å². The third kappa shape index (κ3) is 5.46. The Bertz CT molecular complexity index is 1000. The molecule has 1 amide bonds. The van der Waals surface area contributed by atoms with Crippen molar-refractivity contribution in [3.63, 3.8) is 0 Å². The normalized spacial score (nSPS) is 13.5. The molecular formula is C22H28N2O5S. The number of anilines is 1. The SMILES string of the molecule is CCC(C(=O)OC(C)C(=O)Nc1cc(S(=O)(=O)N(C)C)ccc1C)c1ccccc1. The molecule has 2 rings (SSSR count). The number of hydrogen-bond acceptors (Lipinski definition) is 5. The highest BCUT2D eigenvalue weighted by molar-refractivity contribution is 7.89. The molecule has 0 radical (unpaired) electrons. The molecule has 7 nitrogen and oxygen atoms in total. The van der Waals surface area contributed by atoms with Gasteiger partial charge in [-0.2, -0.15) is 0 Å². The maximum atomic E-state index is 12.6. The number of sulfonamides is 1. The number of nitrogens with one attached hydrogen (secondary N) is 1. The summed E-state index contributed by atoms with van der Waals surface area (Å²) in [6, 6.07) is 13.7. The van der Waals surface area contributed by atoms with Crippen LogP contribution >= 0.6 is 0 Å². The van der Waals surface area contributed by atoms with Crippen molar-refractivity contribution in [3.05, 3.63) is 59.7 Å². The number of carbonyl (C=O) groups is 2. The molecule has 0 fully saturated rings. The number of ether oxygens (including phenoxy) is 1. The summed E-state index contributed by atoms with van der Waals surface area (Å²) >= 11 is 0. The number of esters is 1. The Morgan fingerprint density at radius 3 is 2.30 bits per heavy atom. The van der Waals surface area contributed by atoms with E-state index in [1.165, 1.54) is 33.2 Å². The third-order valence-corrected chi connectivity index (χ3v) is 6.61. The fraction of sp³-hybridized carbons (Fsp3) is 0.364. The van der Waals surface area contributed by atoms with Crippen LogP contribution in [0.1, 0.15) is 37.3 Å². The molecule has 2 unspecified atom stereocenters. The molecule has 0 heterocycles. The minimum Gasteiger partial charge on any atom is -0.452 e. The average Bonchev–Trinajstić information content (AvgIpc) is 2.70. The van der Waals surface area contributed by atoms with Crippen molar-refractivity contribution >= 4 is 27.6 Å². The van der Waals surface area contributed by atoms with Gasteiger partial charge >= 0.3 is 5.97 Å². The van der Waals surface area contributed by atoms with Crippen LogP contribution in [-0.4, -0.2) is 44.8 Å². The first-order valence-electron chi connectivity index (χ1n) is 9.67. The molecule has 162 valence electrons. The van der Waals surface area contributed by atoms with Crippen molar-refractivity contribution in [3.8, 4) is 0 Å². The van der Waals surface area contributed by atoms with Gasteiger partial charge < -0.3 is 10.1 Å². The van der Waals surface area contributed by atoms with Crippen molar-refractivity contribution in [1.29, 1.82) is 0 Å². The van der Waals surface area contributed by atoms with Gasteiger partial charge in [-0.25, -0.2) is 12.7 Å². The zero-order chi connectivity index (χ0) is 22.5. The average molecular weight is 433 g/mol. The van der Waals surface area contributed by atoms with E-state index in [1.807, 2.05) is 37.3 Å². The minimum atomic E-state index is -3.64. The van der Waals surface area contributed by atoms with E-state index < -0.39 is 33.9 Å². The predicted molar refractivity (Wildman–Crippen MR) is 116 cm³/mol. The van der Waals surface area contributed by atoms with Gasteiger partial charge in [-0.05, 0) is 43.5 Å². The fourth-order valence-electron chi connectivity index (χ4n) is 2.88. The lowest BCUT2D eigenvalue weighted by molar-refractivity contribution is -0.154. The number of rotatable bonds is 8. The molecule has 30 heavy (non-hydrogen) atoms. The molecule has 0 aliphatic rings. The van der Waals surface area contributed by atoms with Gasteiger partial charge in [-0.15, -0.1) is 0 Å². The van der Waals surface area contributed by atoms with E-state index >= 15 is 0 Å². The smallest absolute Gasteiger partial charge is 0.314 e. The number of nitrogens with zero attached hydrogens (tertiary/aromatic N) is 1. The molecule has 2 atom stereocenters. The quantitative estimate of drug-likeness (QED) is 0.646. The van der Waals surface area contributed by atoms with Crippen LogP contribution in [0, 0.1) is 6.92 Å². The van der Waals surface area contributed by atoms with Gasteiger partial charge in [-0.3, -0.25) is 9.59 Å². The van der Waals surface area contributed by atoms with Gasteiger partial charge in [0.2, 0.25) is 10.0 Å². The zero-order valence-corrected chi connectivity index (χ0v) is 18.7. The lowest BCUT2D eigenvalue weighted by atomic mass is 9.97. The van der Waals surface area contributed by atoms with Crippen molar-refractivity contribution in [2.24, 2.45) is 0 Å². The van der Waals surface area contributed by atoms with Crippen molar-refractivity contribution in [2.75, 3.05) is 19.4 Å². The van der Waals surface area contributed by atoms with Crippen LogP contribution in [0.3, 0.4) is 0 Å². The minimum absolute atomic E-state index is 0.0631. The molecule has 0 aliphatic heterocycles. The molecule has 1 N–H and O–H groups in total. The summed E-state index contributed by atoms with van der Waals surface area (Å²) in [5.74, 6) is -1.47. The largest absolute Gasteiger partial charge is 0.452 e. The molecule has 0 bridgehead atoms. The second-order valence-corrected chi connectivity index (χ2v) is 9.36. The molecule has 0 aromatic heterocycles. The highest BCUT2D eigenvalue weighted by atomic mass is 32.2. The van der Waals surface area contributed by atoms with Gasteiger partial charge in [-0.1, -0.05) is 43.3 Å². The topological polar surface area (TPSA) is 92.8 Å². The highest BCUT2D eigenvalue weighted by Crippen LogP contribution is 2.24. The molecule has 2 aromatic rings. The van der Waals surface area contributed by atoms with E-state index in [0.717, 1.165) is 9.87 Å². The first-order chi connectivity index (χ1) is 14.1. The Morgan fingerprint density at radius 1 is 1.10 bits per heavy atom. The first-order valence-corrected chi connectivity index (χ1v) is 11.1. The number of carbonyl (C=O) groups excluding carboxylic acids is 2. The van der Waals surface area contributed by atoms with E-state index in [-0.39, 0.29) is 4.90 Å². The molecule has 8 heteroatoms. The summed E-state index contributed by atoms with van der Waals surface area (Å²) in [7, 11) is -0.767. The monoisotopic (exact) mass is 432 g/mol. The van der Waals surface area contributed by atoms with Crippen LogP contribution in [0.4, 0.5) is 5.69 Å². The highest BCUT2D eigenvalue weighted by Gasteiger charge is 2.26. The molecule has 0 spiro atoms. The van der Waals surface area contributed by atoms with Crippen molar-refractivity contribution in [2.45, 2.75) is 44.1 Å². The summed E-state index contributed by atoms with van der Waals surface area (Å²) in [5.41, 5.74) is 1.87. The molecule has 0 aliphatic carbocycles. The number of aryl methyl sites for hydroxylation is 1. The van der Waals surface area contributed by atoms with E-state index in [4.69, 9.17) is 4.74 Å². The van der Waals surface area contributed by atoms with Gasteiger partial charge in [0, 0.05) is 19.8 Å². The van der Waals surface area contributed by atoms with Crippen LogP contribution in [0.5, 0.6) is 0 Å². The Balaban J connectivity index is 2.13. The summed E-state index contributed by atoms with van der Waals surface area (Å²) in [4.78, 5) is 25.2. The summed E-state index contributed by atoms with van der Waals surface area (Å²) < 4.78 is 31.2. The van der Waals surface area contributed by atoms with Crippen molar-refractivity contribution in [1.82, 2.24) is 4.31 Å². The van der Waals surface area contributed by atoms with E-state index in [1.54, 1.807) is 13.0 Å². The lowest BCUT2D eigenvalue weighted by Crippen LogP contribution is -2.32. The number of amides is 1. The number of benzene rings is 2. The number of hydrogen-bond donors (Lipinski definition) is 1. The maximum Gasteiger partial charge on any atom is 0.314 e. The Labute approximate surface area is 178 Å². The molecule has 0 saturated carbocycles. The van der Waals surface area contributed by atoms with Crippen LogP contribution in [0.25, 0.3) is 0 Å². The van der Waals surface area contributed by atoms with Crippen LogP contribution in [0.15, 0.2) is 53.4 Å². The molecule has 2 aromatic carbocycles. The second kappa shape index (κ2) is 9.86. The molecular weight excluding hydrogens is 404 g/mol. The second-order valence-electron chi connectivity index (χ2n) is 7.20. The van der Waals surface area contributed by atoms with Crippen molar-refractivity contribution < 1.29 is 22.7 Å². The Kier molecular flexibility index (Phi) is 7.75. The lowest BCUT2D eigenvalue weighted by Gasteiger charge is -2.19.